The zero-order chi connectivity index (χ0) is 17.6. The second-order valence-corrected chi connectivity index (χ2v) is 6.85. The third-order valence-electron chi connectivity index (χ3n) is 3.63. The molecule has 0 aliphatic carbocycles. The van der Waals surface area contributed by atoms with Crippen molar-refractivity contribution >= 4 is 34.5 Å². The highest BCUT2D eigenvalue weighted by atomic mass is 35.5. The van der Waals surface area contributed by atoms with Crippen molar-refractivity contribution < 1.29 is 9.18 Å². The standard InChI is InChI=1S/C19H16ClFN2OS/c20-14-5-9-16(10-6-14)23-18(24)12-22-19(17-2-1-11-25-17)13-3-7-15(21)8-4-13/h1-11,19,22H,12H2,(H,23,24)/t19-/m1/s1. The third kappa shape index (κ3) is 4.89. The fraction of sp³-hybridized carbons (Fsp3) is 0.105. The van der Waals surface area contributed by atoms with E-state index in [2.05, 4.69) is 10.6 Å². The highest BCUT2D eigenvalue weighted by molar-refractivity contribution is 7.10. The second kappa shape index (κ2) is 8.25. The van der Waals surface area contributed by atoms with Gasteiger partial charge in [0.05, 0.1) is 12.6 Å². The number of nitrogens with one attached hydrogen (secondary N) is 2. The maximum Gasteiger partial charge on any atom is 0.238 e. The summed E-state index contributed by atoms with van der Waals surface area (Å²) in [5, 5.41) is 8.64. The van der Waals surface area contributed by atoms with E-state index in [-0.39, 0.29) is 24.3 Å². The molecule has 25 heavy (non-hydrogen) atoms. The lowest BCUT2D eigenvalue weighted by Gasteiger charge is -2.18. The summed E-state index contributed by atoms with van der Waals surface area (Å²) >= 11 is 7.42. The van der Waals surface area contributed by atoms with Gasteiger partial charge in [-0.1, -0.05) is 29.8 Å². The van der Waals surface area contributed by atoms with Gasteiger partial charge in [0.25, 0.3) is 0 Å². The molecular weight excluding hydrogens is 359 g/mol. The summed E-state index contributed by atoms with van der Waals surface area (Å²) in [6.45, 7) is 0.128. The number of carbonyl (C=O) groups excluding carboxylic acids is 1. The molecule has 1 atom stereocenters. The van der Waals surface area contributed by atoms with Gasteiger partial charge in [0, 0.05) is 15.6 Å². The van der Waals surface area contributed by atoms with Crippen molar-refractivity contribution in [2.75, 3.05) is 11.9 Å². The van der Waals surface area contributed by atoms with Crippen LogP contribution >= 0.6 is 22.9 Å². The van der Waals surface area contributed by atoms with E-state index < -0.39 is 0 Å². The minimum atomic E-state index is -0.283. The van der Waals surface area contributed by atoms with E-state index >= 15 is 0 Å². The average molecular weight is 375 g/mol. The van der Waals surface area contributed by atoms with E-state index in [0.717, 1.165) is 10.4 Å². The first-order valence-electron chi connectivity index (χ1n) is 7.69. The second-order valence-electron chi connectivity index (χ2n) is 5.44. The summed E-state index contributed by atoms with van der Waals surface area (Å²) in [6, 6.07) is 17.0. The predicted octanol–water partition coefficient (Wildman–Crippen LogP) is 4.86. The molecule has 0 bridgehead atoms. The van der Waals surface area contributed by atoms with Gasteiger partial charge >= 0.3 is 0 Å². The first-order chi connectivity index (χ1) is 12.1. The maximum absolute atomic E-state index is 13.2. The van der Waals surface area contributed by atoms with E-state index in [1.165, 1.54) is 12.1 Å². The van der Waals surface area contributed by atoms with Gasteiger partial charge in [0.15, 0.2) is 0 Å². The highest BCUT2D eigenvalue weighted by Crippen LogP contribution is 2.26. The molecule has 1 heterocycles. The van der Waals surface area contributed by atoms with Crippen molar-refractivity contribution in [2.45, 2.75) is 6.04 Å². The quantitative estimate of drug-likeness (QED) is 0.647. The molecule has 0 saturated carbocycles. The molecule has 0 spiro atoms. The van der Waals surface area contributed by atoms with Crippen LogP contribution in [0.5, 0.6) is 0 Å². The monoisotopic (exact) mass is 374 g/mol. The molecule has 1 amide bonds. The number of anilines is 1. The van der Waals surface area contributed by atoms with Crippen LogP contribution in [0.4, 0.5) is 10.1 Å². The van der Waals surface area contributed by atoms with Crippen LogP contribution in [-0.2, 0) is 4.79 Å². The molecular formula is C19H16ClFN2OS. The van der Waals surface area contributed by atoms with E-state index in [0.29, 0.717) is 10.7 Å². The number of thiophene rings is 1. The summed E-state index contributed by atoms with van der Waals surface area (Å²) in [5.41, 5.74) is 1.59. The summed E-state index contributed by atoms with van der Waals surface area (Å²) in [7, 11) is 0. The van der Waals surface area contributed by atoms with E-state index in [1.54, 1.807) is 47.7 Å². The van der Waals surface area contributed by atoms with Crippen LogP contribution in [0.15, 0.2) is 66.0 Å². The SMILES string of the molecule is O=C(CN[C@H](c1ccc(F)cc1)c1cccs1)Nc1ccc(Cl)cc1. The number of rotatable bonds is 6. The first kappa shape index (κ1) is 17.6. The molecule has 1 aromatic heterocycles. The van der Waals surface area contributed by atoms with Crippen molar-refractivity contribution in [3.63, 3.8) is 0 Å². The minimum Gasteiger partial charge on any atom is -0.325 e. The Morgan fingerprint density at radius 2 is 1.80 bits per heavy atom. The van der Waals surface area contributed by atoms with Crippen LogP contribution in [0.2, 0.25) is 5.02 Å². The summed E-state index contributed by atoms with van der Waals surface area (Å²) in [6.07, 6.45) is 0. The van der Waals surface area contributed by atoms with Crippen LogP contribution in [0.25, 0.3) is 0 Å². The number of hydrogen-bond donors (Lipinski definition) is 2. The van der Waals surface area contributed by atoms with Gasteiger partial charge in [-0.2, -0.15) is 0 Å². The van der Waals surface area contributed by atoms with Gasteiger partial charge in [-0.15, -0.1) is 11.3 Å². The van der Waals surface area contributed by atoms with E-state index in [1.807, 2.05) is 17.5 Å². The van der Waals surface area contributed by atoms with Crippen molar-refractivity contribution in [3.8, 4) is 0 Å². The lowest BCUT2D eigenvalue weighted by Crippen LogP contribution is -2.31. The number of carbonyl (C=O) groups is 1. The molecule has 3 rings (SSSR count). The zero-order valence-corrected chi connectivity index (χ0v) is 14.8. The molecule has 6 heteroatoms. The largest absolute Gasteiger partial charge is 0.325 e. The van der Waals surface area contributed by atoms with Gasteiger partial charge in [-0.05, 0) is 53.4 Å². The number of hydrogen-bond acceptors (Lipinski definition) is 3. The minimum absolute atomic E-state index is 0.128. The molecule has 0 radical (unpaired) electrons. The summed E-state index contributed by atoms with van der Waals surface area (Å²) in [5.74, 6) is -0.444. The van der Waals surface area contributed by atoms with Crippen LogP contribution in [0.3, 0.4) is 0 Å². The van der Waals surface area contributed by atoms with Crippen LogP contribution in [0.1, 0.15) is 16.5 Å². The lowest BCUT2D eigenvalue weighted by molar-refractivity contribution is -0.115. The highest BCUT2D eigenvalue weighted by Gasteiger charge is 2.16. The summed E-state index contributed by atoms with van der Waals surface area (Å²) < 4.78 is 13.2. The Bertz CT molecular complexity index is 820. The Hall–Kier alpha value is -2.21. The third-order valence-corrected chi connectivity index (χ3v) is 4.81. The Labute approximate surface area is 154 Å². The van der Waals surface area contributed by atoms with E-state index in [4.69, 9.17) is 11.6 Å². The van der Waals surface area contributed by atoms with Crippen molar-refractivity contribution in [1.29, 1.82) is 0 Å². The van der Waals surface area contributed by atoms with Gasteiger partial charge in [0.1, 0.15) is 5.82 Å². The van der Waals surface area contributed by atoms with Crippen molar-refractivity contribution in [3.05, 3.63) is 87.3 Å². The average Bonchev–Trinajstić information content (AvgIpc) is 3.13. The van der Waals surface area contributed by atoms with Crippen molar-refractivity contribution in [1.82, 2.24) is 5.32 Å². The Kier molecular flexibility index (Phi) is 5.81. The molecule has 2 aromatic carbocycles. The molecule has 0 aliphatic rings. The van der Waals surface area contributed by atoms with Gasteiger partial charge in [-0.25, -0.2) is 4.39 Å². The first-order valence-corrected chi connectivity index (χ1v) is 8.95. The van der Waals surface area contributed by atoms with Crippen LogP contribution in [-0.4, -0.2) is 12.5 Å². The Morgan fingerprint density at radius 3 is 2.44 bits per heavy atom. The molecule has 0 saturated heterocycles. The molecule has 2 N–H and O–H groups in total. The van der Waals surface area contributed by atoms with Crippen molar-refractivity contribution in [2.24, 2.45) is 0 Å². The van der Waals surface area contributed by atoms with Crippen LogP contribution < -0.4 is 10.6 Å². The predicted molar refractivity (Wildman–Crippen MR) is 101 cm³/mol. The molecule has 3 nitrogen and oxygen atoms in total. The summed E-state index contributed by atoms with van der Waals surface area (Å²) in [4.78, 5) is 13.3. The zero-order valence-electron chi connectivity index (χ0n) is 13.2. The molecule has 0 unspecified atom stereocenters. The van der Waals surface area contributed by atoms with Gasteiger partial charge in [0.2, 0.25) is 5.91 Å². The van der Waals surface area contributed by atoms with E-state index in [9.17, 15) is 9.18 Å². The Morgan fingerprint density at radius 1 is 1.08 bits per heavy atom. The normalized spacial score (nSPS) is 11.9. The fourth-order valence-electron chi connectivity index (χ4n) is 2.43. The van der Waals surface area contributed by atoms with Gasteiger partial charge < -0.3 is 5.32 Å². The topological polar surface area (TPSA) is 41.1 Å². The van der Waals surface area contributed by atoms with Gasteiger partial charge in [-0.3, -0.25) is 10.1 Å². The Balaban J connectivity index is 1.67. The smallest absolute Gasteiger partial charge is 0.238 e. The molecule has 128 valence electrons. The van der Waals surface area contributed by atoms with Crippen LogP contribution in [0, 0.1) is 5.82 Å². The fourth-order valence-corrected chi connectivity index (χ4v) is 3.38. The number of halogens is 2. The number of amides is 1. The number of benzene rings is 2. The molecule has 0 fully saturated rings. The molecule has 0 aliphatic heterocycles. The lowest BCUT2D eigenvalue weighted by atomic mass is 10.1. The maximum atomic E-state index is 13.2. The molecule has 3 aromatic rings.